The lowest BCUT2D eigenvalue weighted by Gasteiger charge is -2.26. The minimum Gasteiger partial charge on any atom is -0.363 e. The molecule has 1 aromatic carbocycles. The molecule has 2 aliphatic rings. The van der Waals surface area contributed by atoms with Crippen LogP contribution in [-0.4, -0.2) is 48.3 Å². The molecule has 0 amide bonds. The standard InChI is InChI=1S/C18H26N4/c1-21-14-8-13-17(21)20-18(19-15-9-4-3-5-10-15)22(2)16-11-6-7-12-16/h3-5,9-10,16H,6-8,11-14H2,1-2H3. The van der Waals surface area contributed by atoms with E-state index >= 15 is 0 Å². The van der Waals surface area contributed by atoms with Gasteiger partial charge in [0.25, 0.3) is 0 Å². The van der Waals surface area contributed by atoms with Crippen LogP contribution in [0.5, 0.6) is 0 Å². The van der Waals surface area contributed by atoms with Crippen molar-refractivity contribution in [2.24, 2.45) is 9.98 Å². The second-order valence-corrected chi connectivity index (χ2v) is 6.35. The normalized spacial score (nSPS) is 21.8. The summed E-state index contributed by atoms with van der Waals surface area (Å²) in [5.74, 6) is 2.03. The molecule has 1 heterocycles. The first-order chi connectivity index (χ1) is 10.7. The number of benzene rings is 1. The average molecular weight is 298 g/mol. The van der Waals surface area contributed by atoms with E-state index in [0.29, 0.717) is 6.04 Å². The summed E-state index contributed by atoms with van der Waals surface area (Å²) in [6, 6.07) is 10.7. The molecule has 4 heteroatoms. The van der Waals surface area contributed by atoms with Crippen LogP contribution in [0.1, 0.15) is 38.5 Å². The van der Waals surface area contributed by atoms with E-state index in [1.807, 2.05) is 30.3 Å². The maximum atomic E-state index is 4.91. The van der Waals surface area contributed by atoms with Crippen LogP contribution < -0.4 is 0 Å². The molecule has 0 unspecified atom stereocenters. The van der Waals surface area contributed by atoms with Gasteiger partial charge in [0.1, 0.15) is 5.84 Å². The van der Waals surface area contributed by atoms with E-state index in [2.05, 4.69) is 23.9 Å². The first kappa shape index (κ1) is 15.1. The maximum Gasteiger partial charge on any atom is 0.227 e. The average Bonchev–Trinajstić information content (AvgIpc) is 3.19. The third-order valence-electron chi connectivity index (χ3n) is 4.74. The predicted octanol–water partition coefficient (Wildman–Crippen LogP) is 3.67. The SMILES string of the molecule is CN1CCCC1=NC(=Nc1ccccc1)N(C)C1CCCC1. The van der Waals surface area contributed by atoms with Crippen molar-refractivity contribution in [3.05, 3.63) is 30.3 Å². The van der Waals surface area contributed by atoms with Gasteiger partial charge in [0, 0.05) is 33.1 Å². The van der Waals surface area contributed by atoms with E-state index in [-0.39, 0.29) is 0 Å². The van der Waals surface area contributed by atoms with Gasteiger partial charge < -0.3 is 9.80 Å². The zero-order valence-corrected chi connectivity index (χ0v) is 13.7. The molecule has 0 spiro atoms. The van der Waals surface area contributed by atoms with E-state index in [1.54, 1.807) is 0 Å². The Bertz CT molecular complexity index is 543. The summed E-state index contributed by atoms with van der Waals surface area (Å²) < 4.78 is 0. The molecule has 1 saturated heterocycles. The van der Waals surface area contributed by atoms with Crippen LogP contribution in [0.4, 0.5) is 5.69 Å². The fourth-order valence-corrected chi connectivity index (χ4v) is 3.31. The molecule has 0 atom stereocenters. The lowest BCUT2D eigenvalue weighted by atomic mass is 10.2. The molecule has 4 nitrogen and oxygen atoms in total. The molecule has 0 aromatic heterocycles. The second-order valence-electron chi connectivity index (χ2n) is 6.35. The Morgan fingerprint density at radius 3 is 2.50 bits per heavy atom. The summed E-state index contributed by atoms with van der Waals surface area (Å²) >= 11 is 0. The van der Waals surface area contributed by atoms with Crippen LogP contribution in [0.3, 0.4) is 0 Å². The van der Waals surface area contributed by atoms with E-state index in [0.717, 1.165) is 24.6 Å². The van der Waals surface area contributed by atoms with Crippen LogP contribution in [-0.2, 0) is 0 Å². The highest BCUT2D eigenvalue weighted by molar-refractivity contribution is 5.97. The molecule has 2 fully saturated rings. The number of hydrogen-bond acceptors (Lipinski definition) is 1. The predicted molar refractivity (Wildman–Crippen MR) is 92.9 cm³/mol. The Morgan fingerprint density at radius 2 is 1.86 bits per heavy atom. The molecule has 1 saturated carbocycles. The lowest BCUT2D eigenvalue weighted by molar-refractivity contribution is 0.368. The van der Waals surface area contributed by atoms with Crippen LogP contribution in [0.2, 0.25) is 0 Å². The molecule has 118 valence electrons. The maximum absolute atomic E-state index is 4.91. The largest absolute Gasteiger partial charge is 0.363 e. The minimum absolute atomic E-state index is 0.582. The van der Waals surface area contributed by atoms with Crippen LogP contribution in [0, 0.1) is 0 Å². The number of aliphatic imine (C=N–C) groups is 2. The highest BCUT2D eigenvalue weighted by Gasteiger charge is 2.23. The van der Waals surface area contributed by atoms with Gasteiger partial charge >= 0.3 is 0 Å². The van der Waals surface area contributed by atoms with Gasteiger partial charge in [0.2, 0.25) is 5.96 Å². The van der Waals surface area contributed by atoms with Gasteiger partial charge in [0.05, 0.1) is 5.69 Å². The topological polar surface area (TPSA) is 31.2 Å². The molecular formula is C18H26N4. The number of guanidine groups is 1. The number of amidine groups is 1. The van der Waals surface area contributed by atoms with E-state index in [4.69, 9.17) is 9.98 Å². The summed E-state index contributed by atoms with van der Waals surface area (Å²) in [5.41, 5.74) is 0.979. The van der Waals surface area contributed by atoms with Gasteiger partial charge in [-0.2, -0.15) is 4.99 Å². The van der Waals surface area contributed by atoms with Crippen molar-refractivity contribution in [1.29, 1.82) is 0 Å². The van der Waals surface area contributed by atoms with Gasteiger partial charge in [-0.15, -0.1) is 0 Å². The van der Waals surface area contributed by atoms with Gasteiger partial charge in [0.15, 0.2) is 0 Å². The van der Waals surface area contributed by atoms with Crippen LogP contribution in [0.25, 0.3) is 0 Å². The molecule has 1 aromatic rings. The highest BCUT2D eigenvalue weighted by Crippen LogP contribution is 2.24. The fraction of sp³-hybridized carbons (Fsp3) is 0.556. The summed E-state index contributed by atoms with van der Waals surface area (Å²) in [6.07, 6.45) is 7.41. The van der Waals surface area contributed by atoms with E-state index < -0.39 is 0 Å². The van der Waals surface area contributed by atoms with Crippen molar-refractivity contribution in [2.75, 3.05) is 20.6 Å². The van der Waals surface area contributed by atoms with E-state index in [9.17, 15) is 0 Å². The molecule has 0 bridgehead atoms. The van der Waals surface area contributed by atoms with Gasteiger partial charge in [-0.25, -0.2) is 4.99 Å². The van der Waals surface area contributed by atoms with Crippen molar-refractivity contribution < 1.29 is 0 Å². The number of hydrogen-bond donors (Lipinski definition) is 0. The minimum atomic E-state index is 0.582. The third kappa shape index (κ3) is 3.49. The Morgan fingerprint density at radius 1 is 1.14 bits per heavy atom. The van der Waals surface area contributed by atoms with Crippen molar-refractivity contribution in [1.82, 2.24) is 9.80 Å². The quantitative estimate of drug-likeness (QED) is 0.616. The van der Waals surface area contributed by atoms with Crippen LogP contribution >= 0.6 is 0 Å². The number of nitrogens with zero attached hydrogens (tertiary/aromatic N) is 4. The third-order valence-corrected chi connectivity index (χ3v) is 4.74. The Kier molecular flexibility index (Phi) is 4.76. The smallest absolute Gasteiger partial charge is 0.227 e. The Balaban J connectivity index is 1.89. The molecule has 1 aliphatic heterocycles. The molecule has 1 aliphatic carbocycles. The summed E-state index contributed by atoms with van der Waals surface area (Å²) in [6.45, 7) is 1.10. The summed E-state index contributed by atoms with van der Waals surface area (Å²) in [5, 5.41) is 0. The zero-order chi connectivity index (χ0) is 15.4. The first-order valence-electron chi connectivity index (χ1n) is 8.39. The second kappa shape index (κ2) is 6.95. The molecule has 22 heavy (non-hydrogen) atoms. The molecule has 3 rings (SSSR count). The zero-order valence-electron chi connectivity index (χ0n) is 13.7. The molecule has 0 N–H and O–H groups in total. The van der Waals surface area contributed by atoms with E-state index in [1.165, 1.54) is 37.9 Å². The molecular weight excluding hydrogens is 272 g/mol. The fourth-order valence-electron chi connectivity index (χ4n) is 3.31. The van der Waals surface area contributed by atoms with Gasteiger partial charge in [-0.1, -0.05) is 31.0 Å². The van der Waals surface area contributed by atoms with Crippen LogP contribution in [0.15, 0.2) is 40.3 Å². The van der Waals surface area contributed by atoms with Crippen molar-refractivity contribution in [3.8, 4) is 0 Å². The lowest BCUT2D eigenvalue weighted by Crippen LogP contribution is -2.35. The number of likely N-dealkylation sites (tertiary alicyclic amines) is 1. The molecule has 0 radical (unpaired) electrons. The van der Waals surface area contributed by atoms with Crippen molar-refractivity contribution in [3.63, 3.8) is 0 Å². The monoisotopic (exact) mass is 298 g/mol. The van der Waals surface area contributed by atoms with Gasteiger partial charge in [-0.05, 0) is 31.4 Å². The first-order valence-corrected chi connectivity index (χ1v) is 8.39. The van der Waals surface area contributed by atoms with Crippen molar-refractivity contribution in [2.45, 2.75) is 44.6 Å². The number of para-hydroxylation sites is 1. The van der Waals surface area contributed by atoms with Crippen molar-refractivity contribution >= 4 is 17.5 Å². The highest BCUT2D eigenvalue weighted by atomic mass is 15.3. The summed E-state index contributed by atoms with van der Waals surface area (Å²) in [4.78, 5) is 14.3. The number of rotatable bonds is 2. The Labute approximate surface area is 133 Å². The summed E-state index contributed by atoms with van der Waals surface area (Å²) in [7, 11) is 4.28. The van der Waals surface area contributed by atoms with Gasteiger partial charge in [-0.3, -0.25) is 0 Å². The Hall–Kier alpha value is -1.84.